The molecule has 0 aliphatic carbocycles. The lowest BCUT2D eigenvalue weighted by Crippen LogP contribution is -2.55. The van der Waals surface area contributed by atoms with Gasteiger partial charge < -0.3 is 19.5 Å². The number of hydrogen-bond acceptors (Lipinski definition) is 5. The number of aliphatic carboxylic acids is 1. The average Bonchev–Trinajstić information content (AvgIpc) is 2.70. The molecule has 1 fully saturated rings. The number of benzene rings is 2. The van der Waals surface area contributed by atoms with Crippen LogP contribution in [-0.4, -0.2) is 61.4 Å². The van der Waals surface area contributed by atoms with Crippen LogP contribution in [0.3, 0.4) is 0 Å². The molecule has 6 nitrogen and oxygen atoms in total. The number of piperazine rings is 1. The van der Waals surface area contributed by atoms with Gasteiger partial charge in [-0.25, -0.2) is 0 Å². The first kappa shape index (κ1) is 22.7. The number of ether oxygens (including phenoxy) is 2. The molecule has 1 aliphatic heterocycles. The fourth-order valence-corrected chi connectivity index (χ4v) is 3.66. The molecule has 2 aromatic carbocycles. The van der Waals surface area contributed by atoms with Gasteiger partial charge in [0, 0.05) is 37.4 Å². The van der Waals surface area contributed by atoms with Crippen molar-refractivity contribution in [2.75, 3.05) is 31.1 Å². The average molecular weight is 442 g/mol. The molecule has 0 bridgehead atoms. The van der Waals surface area contributed by atoms with Crippen LogP contribution in [0.1, 0.15) is 5.56 Å². The molecule has 2 aromatic rings. The monoisotopic (exact) mass is 442 g/mol. The first-order valence-corrected chi connectivity index (χ1v) is 9.60. The lowest BCUT2D eigenvalue weighted by atomic mass is 10.0. The van der Waals surface area contributed by atoms with E-state index in [0.717, 1.165) is 11.6 Å². The minimum Gasteiger partial charge on any atom is -0.480 e. The van der Waals surface area contributed by atoms with Gasteiger partial charge in [0.1, 0.15) is 0 Å². The van der Waals surface area contributed by atoms with Gasteiger partial charge in [-0.05, 0) is 24.1 Å². The van der Waals surface area contributed by atoms with Gasteiger partial charge in [0.15, 0.2) is 11.5 Å². The summed E-state index contributed by atoms with van der Waals surface area (Å²) < 4.78 is 59.3. The molecular weight excluding hydrogens is 420 g/mol. The van der Waals surface area contributed by atoms with E-state index in [9.17, 15) is 27.5 Å². The van der Waals surface area contributed by atoms with E-state index in [1.807, 2.05) is 40.1 Å². The van der Waals surface area contributed by atoms with Gasteiger partial charge in [-0.15, -0.1) is 0 Å². The molecule has 0 saturated carbocycles. The Morgan fingerprint density at radius 2 is 1.68 bits per heavy atom. The molecule has 0 aromatic heterocycles. The standard InChI is InChI=1S/C21H22F4N2O4/c22-20(23)30-17-7-6-15(11-18(17)31-21(24)25)26-8-9-27(13-19(28)29)16(12-26)10-14-4-2-1-3-5-14/h1-7,11,16,20-21H,8-10,12-13H2,(H,28,29)/t16-/m0/s1. The van der Waals surface area contributed by atoms with E-state index in [4.69, 9.17) is 0 Å². The zero-order chi connectivity index (χ0) is 22.4. The highest BCUT2D eigenvalue weighted by atomic mass is 19.3. The van der Waals surface area contributed by atoms with Crippen LogP contribution in [0.15, 0.2) is 48.5 Å². The summed E-state index contributed by atoms with van der Waals surface area (Å²) in [5.74, 6) is -1.91. The number of anilines is 1. The molecule has 1 aliphatic rings. The molecule has 10 heteroatoms. The fourth-order valence-electron chi connectivity index (χ4n) is 3.66. The third kappa shape index (κ3) is 6.48. The van der Waals surface area contributed by atoms with Gasteiger partial charge in [0.2, 0.25) is 0 Å². The van der Waals surface area contributed by atoms with E-state index in [2.05, 4.69) is 9.47 Å². The van der Waals surface area contributed by atoms with Crippen molar-refractivity contribution in [2.24, 2.45) is 0 Å². The molecule has 31 heavy (non-hydrogen) atoms. The predicted octanol–water partition coefficient (Wildman–Crippen LogP) is 3.71. The second kappa shape index (κ2) is 10.3. The van der Waals surface area contributed by atoms with Crippen LogP contribution in [0.4, 0.5) is 23.2 Å². The summed E-state index contributed by atoms with van der Waals surface area (Å²) in [5.41, 5.74) is 1.53. The lowest BCUT2D eigenvalue weighted by molar-refractivity contribution is -0.139. The smallest absolute Gasteiger partial charge is 0.387 e. The zero-order valence-corrected chi connectivity index (χ0v) is 16.5. The maximum Gasteiger partial charge on any atom is 0.387 e. The van der Waals surface area contributed by atoms with Crippen LogP contribution < -0.4 is 14.4 Å². The van der Waals surface area contributed by atoms with E-state index in [-0.39, 0.29) is 12.6 Å². The van der Waals surface area contributed by atoms with E-state index in [1.54, 1.807) is 0 Å². The van der Waals surface area contributed by atoms with Crippen LogP contribution in [0.25, 0.3) is 0 Å². The van der Waals surface area contributed by atoms with Crippen molar-refractivity contribution in [1.29, 1.82) is 0 Å². The normalized spacial score (nSPS) is 17.2. The van der Waals surface area contributed by atoms with Gasteiger partial charge in [-0.2, -0.15) is 17.6 Å². The number of carboxylic acids is 1. The Bertz CT molecular complexity index is 870. The number of hydrogen-bond donors (Lipinski definition) is 1. The summed E-state index contributed by atoms with van der Waals surface area (Å²) in [4.78, 5) is 15.0. The minimum atomic E-state index is -3.20. The molecule has 1 N–H and O–H groups in total. The summed E-state index contributed by atoms with van der Waals surface area (Å²) in [6, 6.07) is 13.3. The molecule has 168 valence electrons. The summed E-state index contributed by atoms with van der Waals surface area (Å²) in [7, 11) is 0. The van der Waals surface area contributed by atoms with Gasteiger partial charge in [0.25, 0.3) is 0 Å². The molecule has 0 amide bonds. The molecule has 3 rings (SSSR count). The van der Waals surface area contributed by atoms with Crippen molar-refractivity contribution in [3.63, 3.8) is 0 Å². The number of carboxylic acid groups (broad SMARTS) is 1. The maximum atomic E-state index is 12.7. The first-order chi connectivity index (χ1) is 14.8. The molecule has 0 radical (unpaired) electrons. The highest BCUT2D eigenvalue weighted by molar-refractivity contribution is 5.69. The Morgan fingerprint density at radius 1 is 1.00 bits per heavy atom. The molecule has 1 atom stereocenters. The summed E-state index contributed by atoms with van der Waals surface area (Å²) in [5, 5.41) is 9.24. The van der Waals surface area contributed by atoms with Crippen molar-refractivity contribution in [3.05, 3.63) is 54.1 Å². The number of rotatable bonds is 9. The van der Waals surface area contributed by atoms with Gasteiger partial charge in [-0.1, -0.05) is 30.3 Å². The van der Waals surface area contributed by atoms with Crippen molar-refractivity contribution in [2.45, 2.75) is 25.7 Å². The summed E-state index contributed by atoms with van der Waals surface area (Å²) >= 11 is 0. The summed E-state index contributed by atoms with van der Waals surface area (Å²) in [6.07, 6.45) is 0.595. The number of nitrogens with zero attached hydrogens (tertiary/aromatic N) is 2. The largest absolute Gasteiger partial charge is 0.480 e. The van der Waals surface area contributed by atoms with Crippen LogP contribution >= 0.6 is 0 Å². The Balaban J connectivity index is 1.82. The highest BCUT2D eigenvalue weighted by Gasteiger charge is 2.29. The molecule has 0 spiro atoms. The topological polar surface area (TPSA) is 62.2 Å². The number of carbonyl (C=O) groups is 1. The molecular formula is C21H22F4N2O4. The first-order valence-electron chi connectivity index (χ1n) is 9.60. The van der Waals surface area contributed by atoms with Gasteiger partial charge in [0.05, 0.1) is 6.54 Å². The Labute approximate surface area is 176 Å². The Hall–Kier alpha value is -3.01. The third-order valence-electron chi connectivity index (χ3n) is 4.98. The molecule has 0 unspecified atom stereocenters. The fraction of sp³-hybridized carbons (Fsp3) is 0.381. The quantitative estimate of drug-likeness (QED) is 0.598. The SMILES string of the molecule is O=C(O)CN1CCN(c2ccc(OC(F)F)c(OC(F)F)c2)C[C@@H]1Cc1ccccc1. The van der Waals surface area contributed by atoms with Crippen molar-refractivity contribution >= 4 is 11.7 Å². The lowest BCUT2D eigenvalue weighted by Gasteiger charge is -2.42. The van der Waals surface area contributed by atoms with E-state index in [1.165, 1.54) is 12.1 Å². The van der Waals surface area contributed by atoms with Crippen LogP contribution in [0, 0.1) is 0 Å². The van der Waals surface area contributed by atoms with Crippen molar-refractivity contribution in [1.82, 2.24) is 4.90 Å². The summed E-state index contributed by atoms with van der Waals surface area (Å²) in [6.45, 7) is -5.21. The molecule has 1 heterocycles. The second-order valence-electron chi connectivity index (χ2n) is 7.04. The third-order valence-corrected chi connectivity index (χ3v) is 4.98. The van der Waals surface area contributed by atoms with Gasteiger partial charge >= 0.3 is 19.2 Å². The van der Waals surface area contributed by atoms with E-state index in [0.29, 0.717) is 31.7 Å². The van der Waals surface area contributed by atoms with Gasteiger partial charge in [-0.3, -0.25) is 9.69 Å². The maximum absolute atomic E-state index is 12.7. The second-order valence-corrected chi connectivity index (χ2v) is 7.04. The van der Waals surface area contributed by atoms with Crippen LogP contribution in [0.5, 0.6) is 11.5 Å². The zero-order valence-electron chi connectivity index (χ0n) is 16.5. The number of halogens is 4. The van der Waals surface area contributed by atoms with Crippen LogP contribution in [0.2, 0.25) is 0 Å². The highest BCUT2D eigenvalue weighted by Crippen LogP contribution is 2.35. The predicted molar refractivity (Wildman–Crippen MR) is 105 cm³/mol. The van der Waals surface area contributed by atoms with E-state index >= 15 is 0 Å². The number of alkyl halides is 4. The van der Waals surface area contributed by atoms with Crippen molar-refractivity contribution < 1.29 is 36.9 Å². The van der Waals surface area contributed by atoms with Crippen LogP contribution in [-0.2, 0) is 11.2 Å². The Kier molecular flexibility index (Phi) is 7.56. The van der Waals surface area contributed by atoms with E-state index < -0.39 is 30.7 Å². The van der Waals surface area contributed by atoms with Crippen molar-refractivity contribution in [3.8, 4) is 11.5 Å². The minimum absolute atomic E-state index is 0.119. The molecule has 1 saturated heterocycles. The Morgan fingerprint density at radius 3 is 2.32 bits per heavy atom.